The molecule has 0 saturated heterocycles. The summed E-state index contributed by atoms with van der Waals surface area (Å²) < 4.78 is 6.94. The van der Waals surface area contributed by atoms with Crippen molar-refractivity contribution < 1.29 is 4.74 Å². The normalized spacial score (nSPS) is 15.6. The van der Waals surface area contributed by atoms with Crippen LogP contribution in [0.15, 0.2) is 88.8 Å². The molecule has 6 heteroatoms. The zero-order valence-corrected chi connectivity index (χ0v) is 16.4. The Morgan fingerprint density at radius 2 is 1.70 bits per heavy atom. The van der Waals surface area contributed by atoms with Gasteiger partial charge in [-0.25, -0.2) is 4.98 Å². The summed E-state index contributed by atoms with van der Waals surface area (Å²) in [5, 5.41) is 5.13. The topological polar surface area (TPSA) is 68.5 Å². The van der Waals surface area contributed by atoms with Crippen molar-refractivity contribution in [2.45, 2.75) is 5.92 Å². The first kappa shape index (κ1) is 18.1. The van der Waals surface area contributed by atoms with Gasteiger partial charge in [0.05, 0.1) is 29.6 Å². The summed E-state index contributed by atoms with van der Waals surface area (Å²) >= 11 is 0. The van der Waals surface area contributed by atoms with E-state index >= 15 is 0 Å². The van der Waals surface area contributed by atoms with Crippen LogP contribution in [0.5, 0.6) is 5.75 Å². The van der Waals surface area contributed by atoms with Gasteiger partial charge < -0.3 is 10.2 Å². The van der Waals surface area contributed by atoms with Crippen molar-refractivity contribution in [3.8, 4) is 11.4 Å². The Kier molecular flexibility index (Phi) is 4.52. The lowest BCUT2D eigenvalue weighted by molar-refractivity contribution is 0.414. The number of fused-ring (bicyclic) bond motifs is 1. The molecule has 1 unspecified atom stereocenters. The van der Waals surface area contributed by atoms with E-state index < -0.39 is 0 Å². The lowest BCUT2D eigenvalue weighted by Crippen LogP contribution is -2.28. The second kappa shape index (κ2) is 7.48. The fourth-order valence-electron chi connectivity index (χ4n) is 3.84. The fourth-order valence-corrected chi connectivity index (χ4v) is 3.84. The van der Waals surface area contributed by atoms with Crippen LogP contribution in [0.1, 0.15) is 17.3 Å². The molecular weight excluding hydrogens is 376 g/mol. The fraction of sp³-hybridized carbons (Fsp3) is 0.125. The lowest BCUT2D eigenvalue weighted by Gasteiger charge is -2.17. The van der Waals surface area contributed by atoms with E-state index in [1.54, 1.807) is 11.7 Å². The van der Waals surface area contributed by atoms with Gasteiger partial charge >= 0.3 is 0 Å². The van der Waals surface area contributed by atoms with Crippen LogP contribution < -0.4 is 15.7 Å². The number of hydrogen-bond acceptors (Lipinski definition) is 5. The van der Waals surface area contributed by atoms with Crippen LogP contribution >= 0.6 is 0 Å². The molecule has 5 rings (SSSR count). The molecule has 1 N–H and O–H groups in total. The molecule has 1 aliphatic heterocycles. The van der Waals surface area contributed by atoms with Gasteiger partial charge in [0, 0.05) is 6.54 Å². The molecule has 0 fully saturated rings. The molecule has 0 spiro atoms. The zero-order valence-electron chi connectivity index (χ0n) is 16.4. The van der Waals surface area contributed by atoms with Gasteiger partial charge in [0.25, 0.3) is 5.56 Å². The third kappa shape index (κ3) is 3.03. The number of nitrogens with one attached hydrogen (secondary N) is 1. The number of rotatable bonds is 4. The third-order valence-electron chi connectivity index (χ3n) is 5.36. The van der Waals surface area contributed by atoms with Crippen molar-refractivity contribution in [2.24, 2.45) is 5.10 Å². The molecule has 0 amide bonds. The van der Waals surface area contributed by atoms with Crippen molar-refractivity contribution in [2.75, 3.05) is 13.7 Å². The quantitative estimate of drug-likeness (QED) is 0.573. The predicted molar refractivity (Wildman–Crippen MR) is 118 cm³/mol. The molecule has 30 heavy (non-hydrogen) atoms. The summed E-state index contributed by atoms with van der Waals surface area (Å²) in [4.78, 5) is 18.3. The Hall–Kier alpha value is -3.93. The maximum atomic E-state index is 13.5. The number of aromatic nitrogens is 2. The Bertz CT molecular complexity index is 1290. The van der Waals surface area contributed by atoms with Crippen molar-refractivity contribution >= 4 is 16.6 Å². The Labute approximate surface area is 173 Å². The van der Waals surface area contributed by atoms with Gasteiger partial charge in [-0.05, 0) is 42.0 Å². The van der Waals surface area contributed by atoms with Crippen molar-refractivity contribution in [3.63, 3.8) is 0 Å². The van der Waals surface area contributed by atoms with E-state index in [-0.39, 0.29) is 11.5 Å². The summed E-state index contributed by atoms with van der Waals surface area (Å²) in [6, 6.07) is 24.9. The number of hydrogen-bond donors (Lipinski definition) is 1. The molecule has 0 saturated carbocycles. The maximum absolute atomic E-state index is 13.5. The molecule has 4 aromatic rings. The van der Waals surface area contributed by atoms with Crippen LogP contribution in [-0.4, -0.2) is 28.9 Å². The highest BCUT2D eigenvalue weighted by Crippen LogP contribution is 2.27. The van der Waals surface area contributed by atoms with Crippen molar-refractivity contribution in [1.29, 1.82) is 0 Å². The molecule has 6 nitrogen and oxygen atoms in total. The summed E-state index contributed by atoms with van der Waals surface area (Å²) in [5.74, 6) is 1.32. The summed E-state index contributed by atoms with van der Waals surface area (Å²) in [6.45, 7) is 0.638. The molecule has 3 aromatic carbocycles. The van der Waals surface area contributed by atoms with Gasteiger partial charge in [-0.2, -0.15) is 5.10 Å². The molecule has 0 bridgehead atoms. The van der Waals surface area contributed by atoms with E-state index in [1.807, 2.05) is 78.9 Å². The molecule has 0 radical (unpaired) electrons. The first-order chi connectivity index (χ1) is 14.8. The first-order valence-electron chi connectivity index (χ1n) is 9.78. The van der Waals surface area contributed by atoms with Crippen molar-refractivity contribution in [3.05, 3.63) is 101 Å². The Balaban J connectivity index is 1.72. The van der Waals surface area contributed by atoms with E-state index in [1.165, 1.54) is 0 Å². The second-order valence-electron chi connectivity index (χ2n) is 7.11. The summed E-state index contributed by atoms with van der Waals surface area (Å²) in [5.41, 5.74) is 6.24. The highest BCUT2D eigenvalue weighted by atomic mass is 16.5. The third-order valence-corrected chi connectivity index (χ3v) is 5.36. The number of ether oxygens (including phenoxy) is 1. The summed E-state index contributed by atoms with van der Waals surface area (Å²) in [7, 11) is 1.65. The second-order valence-corrected chi connectivity index (χ2v) is 7.11. The number of methoxy groups -OCH3 is 1. The van der Waals surface area contributed by atoms with Gasteiger partial charge in [-0.3, -0.25) is 9.36 Å². The molecule has 1 aromatic heterocycles. The molecule has 0 aliphatic carbocycles. The number of nitrogens with zero attached hydrogens (tertiary/aromatic N) is 3. The number of para-hydroxylation sites is 2. The van der Waals surface area contributed by atoms with E-state index in [9.17, 15) is 4.79 Å². The first-order valence-corrected chi connectivity index (χ1v) is 9.78. The Morgan fingerprint density at radius 3 is 2.47 bits per heavy atom. The minimum atomic E-state index is -0.107. The van der Waals surface area contributed by atoms with Crippen molar-refractivity contribution in [1.82, 2.24) is 15.0 Å². The molecular formula is C24H20N4O2. The maximum Gasteiger partial charge on any atom is 0.266 e. The van der Waals surface area contributed by atoms with Crippen LogP contribution in [0, 0.1) is 0 Å². The molecule has 148 valence electrons. The molecule has 1 atom stereocenters. The average molecular weight is 396 g/mol. The average Bonchev–Trinajstić information content (AvgIpc) is 3.29. The van der Waals surface area contributed by atoms with Gasteiger partial charge in [0.1, 0.15) is 11.5 Å². The van der Waals surface area contributed by atoms with E-state index in [0.717, 1.165) is 22.7 Å². The highest BCUT2D eigenvalue weighted by Gasteiger charge is 2.29. The van der Waals surface area contributed by atoms with Gasteiger partial charge in [-0.1, -0.05) is 42.5 Å². The van der Waals surface area contributed by atoms with Gasteiger partial charge in [-0.15, -0.1) is 0 Å². The lowest BCUT2D eigenvalue weighted by atomic mass is 9.94. The highest BCUT2D eigenvalue weighted by molar-refractivity contribution is 6.05. The van der Waals surface area contributed by atoms with E-state index in [0.29, 0.717) is 23.3 Å². The zero-order chi connectivity index (χ0) is 20.5. The van der Waals surface area contributed by atoms with Crippen LogP contribution in [0.4, 0.5) is 0 Å². The minimum Gasteiger partial charge on any atom is -0.497 e. The summed E-state index contributed by atoms with van der Waals surface area (Å²) in [6.07, 6.45) is 0. The smallest absolute Gasteiger partial charge is 0.266 e. The molecule has 2 heterocycles. The van der Waals surface area contributed by atoms with Gasteiger partial charge in [0.15, 0.2) is 5.82 Å². The van der Waals surface area contributed by atoms with Crippen LogP contribution in [0.3, 0.4) is 0 Å². The molecule has 1 aliphatic rings. The predicted octanol–water partition coefficient (Wildman–Crippen LogP) is 3.49. The Morgan fingerprint density at radius 1 is 0.967 bits per heavy atom. The minimum absolute atomic E-state index is 0.0288. The van der Waals surface area contributed by atoms with Crippen LogP contribution in [0.25, 0.3) is 16.6 Å². The van der Waals surface area contributed by atoms with E-state index in [4.69, 9.17) is 9.72 Å². The SMILES string of the molecule is COc1ccc(C2CNN=C2c2nc3ccccc3c(=O)n2-c2ccccc2)cc1. The van der Waals surface area contributed by atoms with Crippen LogP contribution in [-0.2, 0) is 0 Å². The number of hydrazone groups is 1. The van der Waals surface area contributed by atoms with Crippen LogP contribution in [0.2, 0.25) is 0 Å². The van der Waals surface area contributed by atoms with Gasteiger partial charge in [0.2, 0.25) is 0 Å². The van der Waals surface area contributed by atoms with E-state index in [2.05, 4.69) is 10.5 Å². The monoisotopic (exact) mass is 396 g/mol. The standard InChI is InChI=1S/C24H20N4O2/c1-30-18-13-11-16(12-14-18)20-15-25-27-22(20)23-26-21-10-6-5-9-19(21)24(29)28(23)17-7-3-2-4-8-17/h2-14,20,25H,15H2,1H3. The number of benzene rings is 3. The largest absolute Gasteiger partial charge is 0.497 e.